The van der Waals surface area contributed by atoms with Crippen LogP contribution in [-0.2, 0) is 4.74 Å². The van der Waals surface area contributed by atoms with Gasteiger partial charge in [-0.1, -0.05) is 12.8 Å². The summed E-state index contributed by atoms with van der Waals surface area (Å²) in [6.07, 6.45) is 6.38. The fourth-order valence-electron chi connectivity index (χ4n) is 4.39. The third-order valence-corrected chi connectivity index (χ3v) is 5.26. The molecule has 0 amide bonds. The minimum absolute atomic E-state index is 0.0223. The van der Waals surface area contributed by atoms with E-state index in [-0.39, 0.29) is 16.7 Å². The number of nitrogens with two attached hydrogens (primary N) is 1. The lowest BCUT2D eigenvalue weighted by atomic mass is 9.77. The van der Waals surface area contributed by atoms with Gasteiger partial charge in [-0.05, 0) is 54.0 Å². The number of hydrogen-bond donors (Lipinski definition) is 1. The predicted molar refractivity (Wildman–Crippen MR) is 75.7 cm³/mol. The van der Waals surface area contributed by atoms with Crippen LogP contribution in [0.2, 0.25) is 0 Å². The molecule has 2 rings (SSSR count). The standard InChI is InChI=1S/C15H30N2O/c1-13(2)10-15(11-16,14(3,4)18-13)17(5)12-8-6-7-9-12/h12H,6-11,16H2,1-5H3. The molecule has 2 N–H and O–H groups in total. The van der Waals surface area contributed by atoms with Crippen LogP contribution < -0.4 is 5.73 Å². The molecule has 18 heavy (non-hydrogen) atoms. The Balaban J connectivity index is 2.29. The number of hydrogen-bond acceptors (Lipinski definition) is 3. The number of likely N-dealkylation sites (N-methyl/N-ethyl adjacent to an activating group) is 1. The molecule has 106 valence electrons. The van der Waals surface area contributed by atoms with Crippen molar-refractivity contribution in [2.75, 3.05) is 13.6 Å². The van der Waals surface area contributed by atoms with Gasteiger partial charge in [0.15, 0.2) is 0 Å². The van der Waals surface area contributed by atoms with Gasteiger partial charge in [-0.2, -0.15) is 0 Å². The van der Waals surface area contributed by atoms with Crippen LogP contribution in [-0.4, -0.2) is 41.3 Å². The number of ether oxygens (including phenoxy) is 1. The van der Waals surface area contributed by atoms with E-state index in [4.69, 9.17) is 10.5 Å². The molecule has 1 atom stereocenters. The van der Waals surface area contributed by atoms with Crippen LogP contribution in [0, 0.1) is 0 Å². The molecule has 1 aliphatic carbocycles. The summed E-state index contributed by atoms with van der Waals surface area (Å²) in [6, 6.07) is 0.685. The van der Waals surface area contributed by atoms with E-state index in [1.165, 1.54) is 25.7 Å². The summed E-state index contributed by atoms with van der Waals surface area (Å²) in [5.74, 6) is 0. The molecule has 2 fully saturated rings. The van der Waals surface area contributed by atoms with Crippen LogP contribution in [0.1, 0.15) is 59.8 Å². The molecule has 0 bridgehead atoms. The van der Waals surface area contributed by atoms with Crippen molar-refractivity contribution in [1.29, 1.82) is 0 Å². The van der Waals surface area contributed by atoms with E-state index in [0.29, 0.717) is 12.6 Å². The maximum atomic E-state index is 6.30. The monoisotopic (exact) mass is 254 g/mol. The Morgan fingerprint density at radius 1 is 1.17 bits per heavy atom. The highest BCUT2D eigenvalue weighted by Crippen LogP contribution is 2.49. The molecular formula is C15H30N2O. The summed E-state index contributed by atoms with van der Waals surface area (Å²) in [5, 5.41) is 0. The van der Waals surface area contributed by atoms with Gasteiger partial charge in [-0.3, -0.25) is 4.90 Å². The Labute approximate surface area is 112 Å². The number of nitrogens with zero attached hydrogens (tertiary/aromatic N) is 1. The Morgan fingerprint density at radius 2 is 1.72 bits per heavy atom. The molecule has 0 spiro atoms. The molecule has 2 aliphatic rings. The second-order valence-corrected chi connectivity index (χ2v) is 7.33. The van der Waals surface area contributed by atoms with Crippen LogP contribution in [0.15, 0.2) is 0 Å². The average molecular weight is 254 g/mol. The zero-order valence-electron chi connectivity index (χ0n) is 12.8. The molecule has 1 aliphatic heterocycles. The summed E-state index contributed by atoms with van der Waals surface area (Å²) in [5.41, 5.74) is 5.94. The van der Waals surface area contributed by atoms with Crippen LogP contribution in [0.25, 0.3) is 0 Å². The largest absolute Gasteiger partial charge is 0.368 e. The lowest BCUT2D eigenvalue weighted by molar-refractivity contribution is -0.106. The van der Waals surface area contributed by atoms with Crippen molar-refractivity contribution in [3.8, 4) is 0 Å². The van der Waals surface area contributed by atoms with Gasteiger partial charge < -0.3 is 10.5 Å². The van der Waals surface area contributed by atoms with E-state index in [9.17, 15) is 0 Å². The van der Waals surface area contributed by atoms with Crippen LogP contribution in [0.4, 0.5) is 0 Å². The predicted octanol–water partition coefficient (Wildman–Crippen LogP) is 2.54. The first-order valence-electron chi connectivity index (χ1n) is 7.37. The van der Waals surface area contributed by atoms with Gasteiger partial charge in [0.2, 0.25) is 0 Å². The third kappa shape index (κ3) is 2.10. The van der Waals surface area contributed by atoms with E-state index in [1.807, 2.05) is 0 Å². The van der Waals surface area contributed by atoms with Crippen molar-refractivity contribution in [1.82, 2.24) is 4.90 Å². The van der Waals surface area contributed by atoms with Gasteiger partial charge in [0.05, 0.1) is 16.7 Å². The summed E-state index contributed by atoms with van der Waals surface area (Å²) in [7, 11) is 2.26. The lowest BCUT2D eigenvalue weighted by Crippen LogP contribution is -2.64. The highest BCUT2D eigenvalue weighted by molar-refractivity contribution is 5.13. The fourth-order valence-corrected chi connectivity index (χ4v) is 4.39. The van der Waals surface area contributed by atoms with E-state index < -0.39 is 0 Å². The van der Waals surface area contributed by atoms with Crippen LogP contribution in [0.5, 0.6) is 0 Å². The van der Waals surface area contributed by atoms with Crippen LogP contribution in [0.3, 0.4) is 0 Å². The molecule has 1 saturated heterocycles. The minimum Gasteiger partial charge on any atom is -0.368 e. The summed E-state index contributed by atoms with van der Waals surface area (Å²) in [4.78, 5) is 2.55. The second-order valence-electron chi connectivity index (χ2n) is 7.33. The summed E-state index contributed by atoms with van der Waals surface area (Å²) >= 11 is 0. The van der Waals surface area contributed by atoms with Gasteiger partial charge in [0, 0.05) is 12.6 Å². The van der Waals surface area contributed by atoms with Crippen molar-refractivity contribution in [3.05, 3.63) is 0 Å². The molecular weight excluding hydrogens is 224 g/mol. The van der Waals surface area contributed by atoms with Crippen LogP contribution >= 0.6 is 0 Å². The maximum absolute atomic E-state index is 6.30. The molecule has 3 nitrogen and oxygen atoms in total. The molecule has 1 saturated carbocycles. The molecule has 0 aromatic rings. The first-order chi connectivity index (χ1) is 8.24. The second kappa shape index (κ2) is 4.46. The topological polar surface area (TPSA) is 38.5 Å². The van der Waals surface area contributed by atoms with Crippen molar-refractivity contribution in [2.24, 2.45) is 5.73 Å². The maximum Gasteiger partial charge on any atom is 0.0830 e. The Hall–Kier alpha value is -0.120. The van der Waals surface area contributed by atoms with E-state index >= 15 is 0 Å². The SMILES string of the molecule is CN(C1CCCC1)C1(CN)CC(C)(C)OC1(C)C. The summed E-state index contributed by atoms with van der Waals surface area (Å²) in [6.45, 7) is 9.47. The summed E-state index contributed by atoms with van der Waals surface area (Å²) < 4.78 is 6.30. The third-order valence-electron chi connectivity index (χ3n) is 5.26. The quantitative estimate of drug-likeness (QED) is 0.841. The first-order valence-corrected chi connectivity index (χ1v) is 7.37. The lowest BCUT2D eigenvalue weighted by Gasteiger charge is -2.48. The first kappa shape index (κ1) is 14.3. The smallest absolute Gasteiger partial charge is 0.0830 e. The zero-order valence-corrected chi connectivity index (χ0v) is 12.8. The van der Waals surface area contributed by atoms with Crippen molar-refractivity contribution in [2.45, 2.75) is 82.6 Å². The van der Waals surface area contributed by atoms with Gasteiger partial charge in [-0.15, -0.1) is 0 Å². The zero-order chi connectivity index (χ0) is 13.6. The van der Waals surface area contributed by atoms with Gasteiger partial charge >= 0.3 is 0 Å². The van der Waals surface area contributed by atoms with E-state index in [2.05, 4.69) is 39.6 Å². The number of rotatable bonds is 3. The van der Waals surface area contributed by atoms with E-state index in [0.717, 1.165) is 6.42 Å². The normalized spacial score (nSPS) is 35.5. The molecule has 0 aromatic heterocycles. The Morgan fingerprint density at radius 3 is 2.11 bits per heavy atom. The van der Waals surface area contributed by atoms with Gasteiger partial charge in [-0.25, -0.2) is 0 Å². The van der Waals surface area contributed by atoms with Gasteiger partial charge in [0.1, 0.15) is 0 Å². The van der Waals surface area contributed by atoms with Gasteiger partial charge in [0.25, 0.3) is 0 Å². The highest BCUT2D eigenvalue weighted by atomic mass is 16.5. The molecule has 3 heteroatoms. The van der Waals surface area contributed by atoms with Crippen molar-refractivity contribution < 1.29 is 4.74 Å². The average Bonchev–Trinajstić information content (AvgIpc) is 2.81. The molecule has 1 heterocycles. The van der Waals surface area contributed by atoms with Crippen molar-refractivity contribution in [3.63, 3.8) is 0 Å². The minimum atomic E-state index is -0.178. The molecule has 0 aromatic carbocycles. The van der Waals surface area contributed by atoms with Crippen molar-refractivity contribution >= 4 is 0 Å². The highest BCUT2D eigenvalue weighted by Gasteiger charge is 2.59. The van der Waals surface area contributed by atoms with E-state index in [1.54, 1.807) is 0 Å². The Kier molecular flexibility index (Phi) is 3.54. The molecule has 1 unspecified atom stereocenters. The Bertz CT molecular complexity index is 308. The fraction of sp³-hybridized carbons (Fsp3) is 1.00. The molecule has 0 radical (unpaired) electrons.